The highest BCUT2D eigenvalue weighted by atomic mass is 16.6. The second kappa shape index (κ2) is 8.66. The molecule has 0 aliphatic carbocycles. The molecule has 0 radical (unpaired) electrons. The molecular formula is C15H20N2O5. The average molecular weight is 308 g/mol. The predicted molar refractivity (Wildman–Crippen MR) is 79.3 cm³/mol. The van der Waals surface area contributed by atoms with Crippen LogP contribution in [0, 0.1) is 0 Å². The zero-order valence-corrected chi connectivity index (χ0v) is 12.8. The fraction of sp³-hybridized carbons (Fsp3) is 0.400. The number of carbonyl (C=O) groups excluding carboxylic acids is 3. The quantitative estimate of drug-likeness (QED) is 0.771. The molecule has 120 valence electrons. The van der Waals surface area contributed by atoms with Gasteiger partial charge in [-0.05, 0) is 32.9 Å². The summed E-state index contributed by atoms with van der Waals surface area (Å²) < 4.78 is 10.4. The molecule has 7 nitrogen and oxygen atoms in total. The van der Waals surface area contributed by atoms with Crippen LogP contribution in [0.3, 0.4) is 0 Å². The highest BCUT2D eigenvalue weighted by Crippen LogP contribution is 2.11. The van der Waals surface area contributed by atoms with Gasteiger partial charge in [-0.1, -0.05) is 18.2 Å². The number of esters is 1. The van der Waals surface area contributed by atoms with Crippen LogP contribution in [0.5, 0.6) is 5.75 Å². The Morgan fingerprint density at radius 2 is 1.73 bits per heavy atom. The van der Waals surface area contributed by atoms with Gasteiger partial charge < -0.3 is 14.8 Å². The Hall–Kier alpha value is -2.57. The molecule has 2 atom stereocenters. The summed E-state index contributed by atoms with van der Waals surface area (Å²) in [7, 11) is 0. The third kappa shape index (κ3) is 5.82. The van der Waals surface area contributed by atoms with Crippen molar-refractivity contribution in [2.45, 2.75) is 33.0 Å². The lowest BCUT2D eigenvalue weighted by molar-refractivity contribution is -0.160. The number of amides is 3. The molecule has 2 N–H and O–H groups in total. The maximum Gasteiger partial charge on any atom is 0.347 e. The lowest BCUT2D eigenvalue weighted by Crippen LogP contribution is -2.45. The Morgan fingerprint density at radius 3 is 2.32 bits per heavy atom. The van der Waals surface area contributed by atoms with Crippen molar-refractivity contribution in [1.82, 2.24) is 10.6 Å². The van der Waals surface area contributed by atoms with E-state index in [0.717, 1.165) is 0 Å². The molecule has 1 aromatic carbocycles. The van der Waals surface area contributed by atoms with Gasteiger partial charge in [0.1, 0.15) is 5.75 Å². The molecule has 7 heteroatoms. The van der Waals surface area contributed by atoms with E-state index in [1.165, 1.54) is 13.8 Å². The first-order valence-corrected chi connectivity index (χ1v) is 6.95. The fourth-order valence-electron chi connectivity index (χ4n) is 1.49. The first kappa shape index (κ1) is 17.5. The van der Waals surface area contributed by atoms with Gasteiger partial charge in [0, 0.05) is 6.54 Å². The summed E-state index contributed by atoms with van der Waals surface area (Å²) in [6.07, 6.45) is -1.97. The summed E-state index contributed by atoms with van der Waals surface area (Å²) in [4.78, 5) is 34.7. The first-order chi connectivity index (χ1) is 10.4. The minimum absolute atomic E-state index is 0.384. The summed E-state index contributed by atoms with van der Waals surface area (Å²) in [5.41, 5.74) is 0. The number of para-hydroxylation sites is 1. The van der Waals surface area contributed by atoms with Crippen LogP contribution in [0.15, 0.2) is 30.3 Å². The van der Waals surface area contributed by atoms with Gasteiger partial charge in [-0.25, -0.2) is 9.59 Å². The average Bonchev–Trinajstić information content (AvgIpc) is 2.48. The molecule has 0 fully saturated rings. The van der Waals surface area contributed by atoms with E-state index in [0.29, 0.717) is 12.3 Å². The Balaban J connectivity index is 2.45. The lowest BCUT2D eigenvalue weighted by Gasteiger charge is -2.17. The Bertz CT molecular complexity index is 518. The monoisotopic (exact) mass is 308 g/mol. The van der Waals surface area contributed by atoms with Gasteiger partial charge in [-0.2, -0.15) is 0 Å². The third-order valence-corrected chi connectivity index (χ3v) is 2.62. The van der Waals surface area contributed by atoms with Crippen LogP contribution in [-0.4, -0.2) is 36.7 Å². The van der Waals surface area contributed by atoms with Crippen molar-refractivity contribution in [2.24, 2.45) is 0 Å². The van der Waals surface area contributed by atoms with Crippen LogP contribution in [0.2, 0.25) is 0 Å². The molecule has 3 amide bonds. The Kier molecular flexibility index (Phi) is 6.88. The Labute approximate surface area is 129 Å². The van der Waals surface area contributed by atoms with Gasteiger partial charge in [0.15, 0.2) is 12.2 Å². The van der Waals surface area contributed by atoms with E-state index in [-0.39, 0.29) is 0 Å². The van der Waals surface area contributed by atoms with Crippen molar-refractivity contribution < 1.29 is 23.9 Å². The number of benzene rings is 1. The van der Waals surface area contributed by atoms with Gasteiger partial charge >= 0.3 is 12.0 Å². The maximum absolute atomic E-state index is 11.8. The number of rotatable bonds is 6. The van der Waals surface area contributed by atoms with Crippen LogP contribution < -0.4 is 15.4 Å². The van der Waals surface area contributed by atoms with E-state index in [9.17, 15) is 14.4 Å². The summed E-state index contributed by atoms with van der Waals surface area (Å²) in [6.45, 7) is 5.00. The molecular weight excluding hydrogens is 288 g/mol. The molecule has 0 unspecified atom stereocenters. The van der Waals surface area contributed by atoms with Crippen LogP contribution in [-0.2, 0) is 14.3 Å². The molecule has 0 saturated heterocycles. The summed E-state index contributed by atoms with van der Waals surface area (Å²) >= 11 is 0. The highest BCUT2D eigenvalue weighted by Gasteiger charge is 2.24. The molecule has 0 saturated carbocycles. The largest absolute Gasteiger partial charge is 0.479 e. The number of hydrogen-bond acceptors (Lipinski definition) is 5. The van der Waals surface area contributed by atoms with E-state index >= 15 is 0 Å². The highest BCUT2D eigenvalue weighted by molar-refractivity contribution is 5.97. The van der Waals surface area contributed by atoms with Crippen molar-refractivity contribution in [1.29, 1.82) is 0 Å². The van der Waals surface area contributed by atoms with Gasteiger partial charge in [-0.15, -0.1) is 0 Å². The second-order valence-corrected chi connectivity index (χ2v) is 4.50. The van der Waals surface area contributed by atoms with Crippen LogP contribution >= 0.6 is 0 Å². The number of ether oxygens (including phenoxy) is 2. The van der Waals surface area contributed by atoms with Gasteiger partial charge in [0.2, 0.25) is 0 Å². The third-order valence-electron chi connectivity index (χ3n) is 2.62. The van der Waals surface area contributed by atoms with Crippen LogP contribution in [0.4, 0.5) is 4.79 Å². The van der Waals surface area contributed by atoms with E-state index in [1.807, 2.05) is 6.07 Å². The minimum atomic E-state index is -1.10. The molecule has 1 aromatic rings. The van der Waals surface area contributed by atoms with Crippen molar-refractivity contribution in [2.75, 3.05) is 6.54 Å². The number of imide groups is 1. The van der Waals surface area contributed by atoms with E-state index in [4.69, 9.17) is 9.47 Å². The standard InChI is InChI=1S/C15H20N2O5/c1-4-16-15(20)17-13(18)10(2)22-14(19)11(3)21-12-8-6-5-7-9-12/h5-11H,4H2,1-3H3,(H2,16,17,18,20)/t10-,11-/m1/s1. The van der Waals surface area contributed by atoms with Crippen molar-refractivity contribution in [3.05, 3.63) is 30.3 Å². The summed E-state index contributed by atoms with van der Waals surface area (Å²) in [5, 5.41) is 4.47. The van der Waals surface area contributed by atoms with Gasteiger partial charge in [-0.3, -0.25) is 10.1 Å². The molecule has 0 spiro atoms. The lowest BCUT2D eigenvalue weighted by atomic mass is 10.3. The van der Waals surface area contributed by atoms with Crippen molar-refractivity contribution in [3.8, 4) is 5.75 Å². The zero-order chi connectivity index (χ0) is 16.5. The SMILES string of the molecule is CCNC(=O)NC(=O)[C@@H](C)OC(=O)[C@@H](C)Oc1ccccc1. The molecule has 22 heavy (non-hydrogen) atoms. The topological polar surface area (TPSA) is 93.7 Å². The normalized spacial score (nSPS) is 12.7. The summed E-state index contributed by atoms with van der Waals surface area (Å²) in [6, 6.07) is 8.14. The molecule has 1 rings (SSSR count). The molecule has 0 aliphatic rings. The first-order valence-electron chi connectivity index (χ1n) is 6.95. The molecule has 0 aliphatic heterocycles. The van der Waals surface area contributed by atoms with Gasteiger partial charge in [0.05, 0.1) is 0 Å². The molecule has 0 bridgehead atoms. The number of hydrogen-bond donors (Lipinski definition) is 2. The van der Waals surface area contributed by atoms with E-state index in [1.54, 1.807) is 31.2 Å². The van der Waals surface area contributed by atoms with Crippen molar-refractivity contribution in [3.63, 3.8) is 0 Å². The van der Waals surface area contributed by atoms with Crippen molar-refractivity contribution >= 4 is 17.9 Å². The van der Waals surface area contributed by atoms with E-state index < -0.39 is 30.1 Å². The van der Waals surface area contributed by atoms with E-state index in [2.05, 4.69) is 10.6 Å². The number of nitrogens with one attached hydrogen (secondary N) is 2. The predicted octanol–water partition coefficient (Wildman–Crippen LogP) is 1.23. The molecule has 0 aromatic heterocycles. The van der Waals surface area contributed by atoms with Crippen LogP contribution in [0.25, 0.3) is 0 Å². The number of carbonyl (C=O) groups is 3. The van der Waals surface area contributed by atoms with Crippen LogP contribution in [0.1, 0.15) is 20.8 Å². The Morgan fingerprint density at radius 1 is 1.09 bits per heavy atom. The summed E-state index contributed by atoms with van der Waals surface area (Å²) in [5.74, 6) is -0.875. The smallest absolute Gasteiger partial charge is 0.347 e. The maximum atomic E-state index is 11.8. The second-order valence-electron chi connectivity index (χ2n) is 4.50. The minimum Gasteiger partial charge on any atom is -0.479 e. The fourth-order valence-corrected chi connectivity index (χ4v) is 1.49. The molecule has 0 heterocycles. The van der Waals surface area contributed by atoms with Gasteiger partial charge in [0.25, 0.3) is 5.91 Å². The number of urea groups is 1. The zero-order valence-electron chi connectivity index (χ0n) is 12.8.